The van der Waals surface area contributed by atoms with E-state index in [9.17, 15) is 24.0 Å². The molecule has 1 spiro atoms. The van der Waals surface area contributed by atoms with E-state index in [4.69, 9.17) is 14.5 Å². The predicted molar refractivity (Wildman–Crippen MR) is 262 cm³/mol. The van der Waals surface area contributed by atoms with E-state index in [1.165, 1.54) is 10.6 Å². The summed E-state index contributed by atoms with van der Waals surface area (Å²) in [5.41, 5.74) is 9.57. The highest BCUT2D eigenvalue weighted by atomic mass is 16.6. The molecule has 4 aliphatic rings. The molecular formula is C54H71N7O7. The van der Waals surface area contributed by atoms with Crippen molar-refractivity contribution in [1.82, 2.24) is 35.1 Å². The number of hydrogen-bond acceptors (Lipinski definition) is 9. The number of carbonyl (C=O) groups is 5. The number of pyridine rings is 1. The Hall–Kier alpha value is -5.76. The molecule has 0 aliphatic carbocycles. The Morgan fingerprint density at radius 1 is 0.971 bits per heavy atom. The monoisotopic (exact) mass is 930 g/mol. The highest BCUT2D eigenvalue weighted by Gasteiger charge is 2.55. The molecule has 14 nitrogen and oxygen atoms in total. The molecule has 4 aliphatic heterocycles. The Kier molecular flexibility index (Phi) is 13.6. The molecule has 3 fully saturated rings. The van der Waals surface area contributed by atoms with Crippen molar-refractivity contribution < 1.29 is 33.4 Å². The number of esters is 1. The van der Waals surface area contributed by atoms with Crippen molar-refractivity contribution in [1.29, 1.82) is 0 Å². The number of hydrazine groups is 1. The third-order valence-electron chi connectivity index (χ3n) is 14.2. The quantitative estimate of drug-likeness (QED) is 0.175. The van der Waals surface area contributed by atoms with Gasteiger partial charge in [0.2, 0.25) is 11.8 Å². The fraction of sp³-hybridized carbons (Fsp3) is 0.556. The van der Waals surface area contributed by atoms with Crippen LogP contribution in [0.2, 0.25) is 0 Å². The van der Waals surface area contributed by atoms with Crippen molar-refractivity contribution in [2.75, 3.05) is 32.8 Å². The summed E-state index contributed by atoms with van der Waals surface area (Å²) >= 11 is 0. The number of amides is 4. The molecule has 6 heterocycles. The zero-order valence-electron chi connectivity index (χ0n) is 41.7. The Bertz CT molecular complexity index is 2590. The maximum atomic E-state index is 14.8. The average Bonchev–Trinajstić information content (AvgIpc) is 3.97. The summed E-state index contributed by atoms with van der Waals surface area (Å²) in [7, 11) is 0. The first kappa shape index (κ1) is 48.7. The Morgan fingerprint density at radius 3 is 2.44 bits per heavy atom. The molecule has 2 aromatic carbocycles. The molecule has 14 heteroatoms. The molecule has 3 saturated heterocycles. The SMILES string of the molecule is CCn1c(-c2cccnc2C(C)C)c2c3cc(ccc31)-c1cccc(c1)C[C@H](NC(=O)[C@H](C(C)C)N1CC[C@]3(CCN(C(=O)OC(C)(C)C)C3)C1=O)C(=O)N1CCC[C@H](N1)C(=O)OCC(C)(C)C2. The topological polar surface area (TPSA) is 155 Å². The van der Waals surface area contributed by atoms with E-state index in [0.29, 0.717) is 51.7 Å². The third-order valence-corrected chi connectivity index (χ3v) is 14.2. The van der Waals surface area contributed by atoms with Crippen LogP contribution >= 0.6 is 0 Å². The van der Waals surface area contributed by atoms with Crippen molar-refractivity contribution in [3.05, 3.63) is 77.6 Å². The van der Waals surface area contributed by atoms with E-state index in [1.807, 2.05) is 59.0 Å². The number of rotatable bonds is 7. The maximum Gasteiger partial charge on any atom is 0.410 e. The Labute approximate surface area is 401 Å². The molecule has 364 valence electrons. The maximum absolute atomic E-state index is 14.8. The molecule has 2 aromatic heterocycles. The van der Waals surface area contributed by atoms with E-state index in [0.717, 1.165) is 51.1 Å². The van der Waals surface area contributed by atoms with Gasteiger partial charge in [0.05, 0.1) is 23.4 Å². The molecule has 68 heavy (non-hydrogen) atoms. The highest BCUT2D eigenvalue weighted by molar-refractivity contribution is 5.97. The zero-order valence-corrected chi connectivity index (χ0v) is 41.7. The first-order chi connectivity index (χ1) is 32.2. The second-order valence-electron chi connectivity index (χ2n) is 22.0. The van der Waals surface area contributed by atoms with Gasteiger partial charge in [-0.05, 0) is 118 Å². The lowest BCUT2D eigenvalue weighted by Gasteiger charge is -2.37. The van der Waals surface area contributed by atoms with E-state index in [1.54, 1.807) is 9.80 Å². The van der Waals surface area contributed by atoms with Gasteiger partial charge in [0.15, 0.2) is 0 Å². The molecule has 0 radical (unpaired) electrons. The number of aromatic nitrogens is 2. The fourth-order valence-electron chi connectivity index (χ4n) is 10.9. The van der Waals surface area contributed by atoms with Gasteiger partial charge in [-0.25, -0.2) is 10.2 Å². The van der Waals surface area contributed by atoms with E-state index in [2.05, 4.69) is 86.3 Å². The lowest BCUT2D eigenvalue weighted by atomic mass is 9.83. The van der Waals surface area contributed by atoms with E-state index >= 15 is 0 Å². The molecule has 0 saturated carbocycles. The van der Waals surface area contributed by atoms with E-state index in [-0.39, 0.29) is 43.2 Å². The summed E-state index contributed by atoms with van der Waals surface area (Å²) in [6.45, 7) is 22.2. The van der Waals surface area contributed by atoms with Crippen molar-refractivity contribution >= 4 is 40.7 Å². The second-order valence-corrected chi connectivity index (χ2v) is 22.0. The van der Waals surface area contributed by atoms with Crippen molar-refractivity contribution in [2.24, 2.45) is 16.7 Å². The molecule has 6 bridgehead atoms. The number of benzene rings is 2. The normalized spacial score (nSPS) is 22.8. The van der Waals surface area contributed by atoms with Crippen LogP contribution in [0.4, 0.5) is 4.79 Å². The van der Waals surface area contributed by atoms with Gasteiger partial charge in [-0.3, -0.25) is 29.2 Å². The smallest absolute Gasteiger partial charge is 0.410 e. The number of fused-ring (bicyclic) bond motifs is 6. The van der Waals surface area contributed by atoms with Gasteiger partial charge in [0, 0.05) is 67.2 Å². The third kappa shape index (κ3) is 9.75. The summed E-state index contributed by atoms with van der Waals surface area (Å²) in [5.74, 6) is -1.50. The van der Waals surface area contributed by atoms with Crippen LogP contribution < -0.4 is 10.7 Å². The largest absolute Gasteiger partial charge is 0.464 e. The van der Waals surface area contributed by atoms with Gasteiger partial charge in [-0.15, -0.1) is 0 Å². The number of carbonyl (C=O) groups excluding carboxylic acids is 5. The molecule has 2 N–H and O–H groups in total. The summed E-state index contributed by atoms with van der Waals surface area (Å²) in [5, 5.41) is 5.70. The number of aryl methyl sites for hydroxylation is 1. The highest BCUT2D eigenvalue weighted by Crippen LogP contribution is 2.44. The lowest BCUT2D eigenvalue weighted by molar-refractivity contribution is -0.155. The number of likely N-dealkylation sites (tertiary alicyclic amines) is 2. The first-order valence-corrected chi connectivity index (χ1v) is 24.7. The minimum absolute atomic E-state index is 0.160. The molecular weight excluding hydrogens is 859 g/mol. The predicted octanol–water partition coefficient (Wildman–Crippen LogP) is 8.05. The van der Waals surface area contributed by atoms with Gasteiger partial charge in [0.25, 0.3) is 5.91 Å². The van der Waals surface area contributed by atoms with Crippen LogP contribution in [0.3, 0.4) is 0 Å². The fourth-order valence-corrected chi connectivity index (χ4v) is 10.9. The molecule has 4 atom stereocenters. The minimum Gasteiger partial charge on any atom is -0.464 e. The number of nitrogens with one attached hydrogen (secondary N) is 2. The average molecular weight is 930 g/mol. The van der Waals surface area contributed by atoms with Crippen LogP contribution in [0.15, 0.2) is 60.8 Å². The summed E-state index contributed by atoms with van der Waals surface area (Å²) in [6.07, 6.45) is 4.23. The molecule has 0 unspecified atom stereocenters. The van der Waals surface area contributed by atoms with Gasteiger partial charge in [-0.1, -0.05) is 71.9 Å². The Balaban J connectivity index is 1.15. The van der Waals surface area contributed by atoms with Crippen LogP contribution in [0.5, 0.6) is 0 Å². The molecule has 4 amide bonds. The minimum atomic E-state index is -1.04. The number of cyclic esters (lactones) is 1. The first-order valence-electron chi connectivity index (χ1n) is 24.7. The van der Waals surface area contributed by atoms with Gasteiger partial charge in [-0.2, -0.15) is 0 Å². The second kappa shape index (κ2) is 19.0. The van der Waals surface area contributed by atoms with Crippen LogP contribution in [-0.4, -0.2) is 111 Å². The van der Waals surface area contributed by atoms with Crippen LogP contribution in [0, 0.1) is 16.7 Å². The summed E-state index contributed by atoms with van der Waals surface area (Å²) in [4.78, 5) is 79.2. The van der Waals surface area contributed by atoms with Crippen LogP contribution in [0.1, 0.15) is 118 Å². The molecule has 8 rings (SSSR count). The molecule has 4 aromatic rings. The van der Waals surface area contributed by atoms with Crippen LogP contribution in [-0.2, 0) is 48.0 Å². The van der Waals surface area contributed by atoms with Crippen molar-refractivity contribution in [2.45, 2.75) is 144 Å². The summed E-state index contributed by atoms with van der Waals surface area (Å²) in [6, 6.07) is 16.2. The summed E-state index contributed by atoms with van der Waals surface area (Å²) < 4.78 is 14.2. The number of hydrogen-bond donors (Lipinski definition) is 2. The van der Waals surface area contributed by atoms with Gasteiger partial charge in [0.1, 0.15) is 23.7 Å². The standard InChI is InChI=1S/C54H71N7O7/c1-11-59-43-20-19-37-29-39(43)40(46(59)38-17-13-23-55-44(38)33(2)3)30-53(9,10)32-67-49(64)41-18-14-24-61(57-41)48(63)42(28-35-15-12-16-36(37)27-35)56-47(62)45(34(4)5)60-26-22-54(50(60)65)21-25-58(31-54)51(66)68-52(6,7)8/h12-13,15-17,19-20,23,27,29,33-34,41-42,45,57H,11,14,18,21-22,24-26,28,30-32H2,1-10H3,(H,56,62)/t41-,42-,45-,54-/m0/s1. The number of nitrogens with zero attached hydrogens (tertiary/aromatic N) is 5. The zero-order chi connectivity index (χ0) is 48.9. The van der Waals surface area contributed by atoms with Crippen LogP contribution in [0.25, 0.3) is 33.3 Å². The van der Waals surface area contributed by atoms with Gasteiger partial charge < -0.3 is 29.2 Å². The lowest BCUT2D eigenvalue weighted by Crippen LogP contribution is -2.62. The van der Waals surface area contributed by atoms with Crippen molar-refractivity contribution in [3.63, 3.8) is 0 Å². The van der Waals surface area contributed by atoms with E-state index < -0.39 is 52.5 Å². The van der Waals surface area contributed by atoms with Gasteiger partial charge >= 0.3 is 12.1 Å². The van der Waals surface area contributed by atoms with Crippen molar-refractivity contribution in [3.8, 4) is 22.4 Å². The Morgan fingerprint density at radius 2 is 1.72 bits per heavy atom. The number of ether oxygens (including phenoxy) is 2.